The number of hydrogen-bond donors (Lipinski definition) is 0. The van der Waals surface area contributed by atoms with Crippen molar-refractivity contribution in [2.45, 2.75) is 28.9 Å². The summed E-state index contributed by atoms with van der Waals surface area (Å²) in [5.74, 6) is -0.0186. The number of hydrogen-bond acceptors (Lipinski definition) is 0. The molecule has 0 aromatic heterocycles. The van der Waals surface area contributed by atoms with Gasteiger partial charge in [-0.3, -0.25) is 0 Å². The van der Waals surface area contributed by atoms with Gasteiger partial charge in [-0.1, -0.05) is 0 Å². The Morgan fingerprint density at radius 1 is 0.548 bits per heavy atom. The summed E-state index contributed by atoms with van der Waals surface area (Å²) in [5, 5.41) is 0. The van der Waals surface area contributed by atoms with Crippen molar-refractivity contribution in [3.05, 3.63) is 142 Å². The number of rotatable bonds is 3. The molecule has 2 atom stereocenters. The fraction of sp³-hybridized carbons (Fsp3) is 0.152. The van der Waals surface area contributed by atoms with Crippen molar-refractivity contribution < 1.29 is 75.5 Å². The zero-order valence-electron chi connectivity index (χ0n) is 21.9. The summed E-state index contributed by atoms with van der Waals surface area (Å²) in [6.45, 7) is 2.10. The number of allylic oxidation sites excluding steroid dienone is 4. The zero-order valence-corrected chi connectivity index (χ0v) is 27.0. The van der Waals surface area contributed by atoms with Crippen molar-refractivity contribution >= 4 is 22.3 Å². The summed E-state index contributed by atoms with van der Waals surface area (Å²) in [6, 6.07) is 27.3. The van der Waals surface area contributed by atoms with E-state index in [1.54, 1.807) is 0 Å². The third-order valence-corrected chi connectivity index (χ3v) is 9.89. The zero-order chi connectivity index (χ0) is 28.4. The first-order valence-corrected chi connectivity index (χ1v) is 14.8. The molecule has 2 aliphatic rings. The van der Waals surface area contributed by atoms with Crippen LogP contribution in [0.25, 0.3) is 22.3 Å². The molecule has 0 aliphatic heterocycles. The van der Waals surface area contributed by atoms with Gasteiger partial charge in [-0.2, -0.15) is 0 Å². The van der Waals surface area contributed by atoms with Crippen molar-refractivity contribution in [2.75, 3.05) is 0 Å². The molecule has 4 aromatic carbocycles. The van der Waals surface area contributed by atoms with Crippen LogP contribution >= 0.6 is 0 Å². The van der Waals surface area contributed by atoms with E-state index in [2.05, 4.69) is 6.92 Å². The van der Waals surface area contributed by atoms with Crippen molar-refractivity contribution in [1.29, 1.82) is 0 Å². The molecule has 2 unspecified atom stereocenters. The predicted octanol–water partition coefficient (Wildman–Crippen LogP) is 3.97. The van der Waals surface area contributed by atoms with Crippen molar-refractivity contribution in [2.24, 2.45) is 0 Å². The average molecular weight is 781 g/mol. The third-order valence-electron chi connectivity index (χ3n) is 7.73. The summed E-state index contributed by atoms with van der Waals surface area (Å²) in [7, 11) is 0. The van der Waals surface area contributed by atoms with Crippen molar-refractivity contribution in [3.8, 4) is 0 Å². The van der Waals surface area contributed by atoms with Crippen LogP contribution in [0, 0.1) is 0 Å². The fourth-order valence-corrected chi connectivity index (χ4v) is 8.03. The summed E-state index contributed by atoms with van der Waals surface area (Å²) >= 11 is 0.503. The standard InChI is InChI=1S/C33H21F6.2ClH.Hf/c1-19-25-12-7-8-14-27(25)31(29(19)20-9-3-2-4-10-20)30-26-13-6-5-11-21(26)17-28(30)22-15-23(32(34,35)36)18-24(16-22)33(37,38)39;;;/h2-19H,1H3;2*1H;/q;;;+2/p-2. The van der Waals surface area contributed by atoms with E-state index >= 15 is 0 Å². The largest absolute Gasteiger partial charge is 1.00 e. The van der Waals surface area contributed by atoms with Gasteiger partial charge in [0.2, 0.25) is 0 Å². The Kier molecular flexibility index (Phi) is 9.09. The summed E-state index contributed by atoms with van der Waals surface area (Å²) in [6.07, 6.45) is -9.85. The molecule has 6 rings (SSSR count). The molecule has 2 aliphatic carbocycles. The smallest absolute Gasteiger partial charge is 1.00 e. The van der Waals surface area contributed by atoms with Crippen LogP contribution in [0.1, 0.15) is 61.0 Å². The van der Waals surface area contributed by atoms with E-state index in [0.717, 1.165) is 56.7 Å². The second-order valence-electron chi connectivity index (χ2n) is 10.1. The maximum atomic E-state index is 13.9. The first-order chi connectivity index (χ1) is 19.0. The molecule has 0 radical (unpaired) electrons. The fourth-order valence-electron chi connectivity index (χ4n) is 6.01. The average Bonchev–Trinajstić information content (AvgIpc) is 3.38. The Balaban J connectivity index is 0.00000202. The van der Waals surface area contributed by atoms with Gasteiger partial charge in [0.05, 0.1) is 0 Å². The normalized spacial score (nSPS) is 17.9. The molecule has 0 spiro atoms. The Bertz CT molecular complexity index is 1670. The molecule has 4 aromatic rings. The van der Waals surface area contributed by atoms with E-state index in [0.29, 0.717) is 29.9 Å². The summed E-state index contributed by atoms with van der Waals surface area (Å²) < 4.78 is 83.3. The molecule has 42 heavy (non-hydrogen) atoms. The van der Waals surface area contributed by atoms with Gasteiger partial charge in [0.1, 0.15) is 0 Å². The molecule has 0 saturated carbocycles. The van der Waals surface area contributed by atoms with E-state index in [9.17, 15) is 26.3 Å². The van der Waals surface area contributed by atoms with Crippen molar-refractivity contribution in [1.82, 2.24) is 0 Å². The third kappa shape index (κ3) is 5.44. The molecule has 9 heteroatoms. The van der Waals surface area contributed by atoms with Gasteiger partial charge < -0.3 is 24.8 Å². The molecular weight excluding hydrogens is 760 g/mol. The van der Waals surface area contributed by atoms with Gasteiger partial charge >= 0.3 is 243 Å². The van der Waals surface area contributed by atoms with E-state index in [-0.39, 0.29) is 46.0 Å². The number of fused-ring (bicyclic) bond motifs is 2. The van der Waals surface area contributed by atoms with Crippen LogP contribution in [-0.2, 0) is 36.7 Å². The van der Waals surface area contributed by atoms with Gasteiger partial charge in [-0.05, 0) is 0 Å². The Labute approximate surface area is 266 Å². The molecule has 0 bridgehead atoms. The van der Waals surface area contributed by atoms with Crippen LogP contribution in [0.3, 0.4) is 0 Å². The van der Waals surface area contributed by atoms with Crippen LogP contribution in [-0.4, -0.2) is 0 Å². The molecule has 0 nitrogen and oxygen atoms in total. The first kappa shape index (κ1) is 32.3. The van der Waals surface area contributed by atoms with Gasteiger partial charge in [0, 0.05) is 0 Å². The van der Waals surface area contributed by atoms with Crippen LogP contribution in [0.4, 0.5) is 26.3 Å². The molecular formula is C33H21Cl2F6Hf. The number of benzene rings is 4. The second kappa shape index (κ2) is 11.8. The number of halogens is 8. The molecule has 0 fully saturated rings. The summed E-state index contributed by atoms with van der Waals surface area (Å²) in [5.41, 5.74) is 5.30. The molecule has 0 N–H and O–H groups in total. The minimum absolute atomic E-state index is 0. The summed E-state index contributed by atoms with van der Waals surface area (Å²) in [4.78, 5) is 0. The Morgan fingerprint density at radius 3 is 1.55 bits per heavy atom. The van der Waals surface area contributed by atoms with Crippen molar-refractivity contribution in [3.63, 3.8) is 0 Å². The quantitative estimate of drug-likeness (QED) is 0.219. The van der Waals surface area contributed by atoms with Gasteiger partial charge in [-0.15, -0.1) is 0 Å². The molecule has 0 saturated heterocycles. The SMILES string of the molecule is CC1C(c2ccccc2)=C(C2=C(c3cc(C(F)(F)F)cc(C(F)(F)F)c3)[CH]([Hf+2])c3ccccc32)c2ccccc21.[Cl-].[Cl-]. The Morgan fingerprint density at radius 2 is 1.00 bits per heavy atom. The van der Waals surface area contributed by atoms with Crippen LogP contribution in [0.5, 0.6) is 0 Å². The molecule has 0 heterocycles. The van der Waals surface area contributed by atoms with Gasteiger partial charge in [-0.25, -0.2) is 0 Å². The van der Waals surface area contributed by atoms with E-state index in [1.807, 2.05) is 78.9 Å². The predicted molar refractivity (Wildman–Crippen MR) is 141 cm³/mol. The van der Waals surface area contributed by atoms with Crippen LogP contribution < -0.4 is 24.8 Å². The maximum Gasteiger partial charge on any atom is -1.00 e. The minimum atomic E-state index is -4.92. The monoisotopic (exact) mass is 781 g/mol. The van der Waals surface area contributed by atoms with E-state index in [1.165, 1.54) is 0 Å². The Hall–Kier alpha value is -2.61. The minimum Gasteiger partial charge on any atom is -1.00 e. The van der Waals surface area contributed by atoms with Crippen LogP contribution in [0.15, 0.2) is 97.1 Å². The molecule has 0 amide bonds. The van der Waals surface area contributed by atoms with Gasteiger partial charge in [0.25, 0.3) is 0 Å². The van der Waals surface area contributed by atoms with Crippen LogP contribution in [0.2, 0.25) is 0 Å². The molecule has 213 valence electrons. The van der Waals surface area contributed by atoms with Gasteiger partial charge in [0.15, 0.2) is 0 Å². The topological polar surface area (TPSA) is 0 Å². The maximum absolute atomic E-state index is 13.9. The second-order valence-corrected chi connectivity index (χ2v) is 12.1. The van der Waals surface area contributed by atoms with E-state index < -0.39 is 23.5 Å². The first-order valence-electron chi connectivity index (χ1n) is 12.7. The number of alkyl halides is 6. The van der Waals surface area contributed by atoms with E-state index in [4.69, 9.17) is 0 Å².